The Hall–Kier alpha value is -3.10. The van der Waals surface area contributed by atoms with Crippen LogP contribution >= 0.6 is 0 Å². The number of aromatic nitrogens is 2. The molecule has 0 saturated heterocycles. The molecule has 2 amide bonds. The van der Waals surface area contributed by atoms with Crippen LogP contribution in [0, 0.1) is 0 Å². The average molecular weight is 596 g/mol. The predicted octanol–water partition coefficient (Wildman–Crippen LogP) is 0.406. The summed E-state index contributed by atoms with van der Waals surface area (Å²) in [7, 11) is 11.5. The fraction of sp³-hybridized carbons (Fsp3) is 0.655. The Morgan fingerprint density at radius 1 is 0.714 bits per heavy atom. The van der Waals surface area contributed by atoms with Crippen LogP contribution in [0.3, 0.4) is 0 Å². The Morgan fingerprint density at radius 3 is 1.45 bits per heavy atom. The van der Waals surface area contributed by atoms with Gasteiger partial charge in [0.05, 0.1) is 11.4 Å². The first-order chi connectivity index (χ1) is 19.6. The topological polar surface area (TPSA) is 185 Å². The van der Waals surface area contributed by atoms with Gasteiger partial charge < -0.3 is 57.8 Å². The van der Waals surface area contributed by atoms with Gasteiger partial charge in [-0.1, -0.05) is 7.43 Å². The number of nitrogens with zero attached hydrogens (tertiary/aromatic N) is 3. The van der Waals surface area contributed by atoms with Gasteiger partial charge in [-0.2, -0.15) is 0 Å². The van der Waals surface area contributed by atoms with Gasteiger partial charge >= 0.3 is 0 Å². The summed E-state index contributed by atoms with van der Waals surface area (Å²) in [5, 5.41) is 14.9. The second kappa shape index (κ2) is 25.6. The van der Waals surface area contributed by atoms with Crippen LogP contribution in [0.25, 0.3) is 0 Å². The number of carbonyl (C=O) groups excluding carboxylic acids is 2. The summed E-state index contributed by atoms with van der Waals surface area (Å²) in [6.07, 6.45) is 7.52. The Balaban J connectivity index is 0. The van der Waals surface area contributed by atoms with Crippen molar-refractivity contribution >= 4 is 23.2 Å². The van der Waals surface area contributed by atoms with Crippen molar-refractivity contribution in [2.24, 2.45) is 19.8 Å². The van der Waals surface area contributed by atoms with Gasteiger partial charge in [-0.15, -0.1) is 0 Å². The Labute approximate surface area is 254 Å². The molecule has 0 atom stereocenters. The average Bonchev–Trinajstić information content (AvgIpc) is 3.47. The van der Waals surface area contributed by atoms with Gasteiger partial charge in [0.2, 0.25) is 0 Å². The molecule has 0 fully saturated rings. The summed E-state index contributed by atoms with van der Waals surface area (Å²) in [5.41, 5.74) is 19.1. The molecule has 0 bridgehead atoms. The number of aryl methyl sites for hydroxylation is 2. The minimum absolute atomic E-state index is 0. The predicted molar refractivity (Wildman–Crippen MR) is 178 cm³/mol. The molecule has 42 heavy (non-hydrogen) atoms. The number of hydrogen-bond acceptors (Lipinski definition) is 9. The number of amides is 2. The molecular formula is C29H61N11O2. The van der Waals surface area contributed by atoms with E-state index in [0.717, 1.165) is 58.5 Å². The standard InChI is InChI=1S/C13H25N5O.C10H18N4O.C5H14N2.CH4/c1-17(7-3-5-14)8-4-6-16-13(19)12-9-11(15)10-18(12)2;1-12-4-3-5-13-10(15)9-6-8(11)7-14(9)2;1-6-4-3-5-7-2;/h9-10H,3-8,14-15H2,1-2H3,(H,16,19);6-7,12H,3-5,11H2,1-2H3,(H,13,15);6-7H,3-5H2,1-2H3;1H4. The van der Waals surface area contributed by atoms with Crippen molar-refractivity contribution < 1.29 is 9.59 Å². The van der Waals surface area contributed by atoms with Crippen LogP contribution < -0.4 is 43.8 Å². The van der Waals surface area contributed by atoms with E-state index in [4.69, 9.17) is 17.2 Å². The quantitative estimate of drug-likeness (QED) is 0.120. The van der Waals surface area contributed by atoms with Crippen LogP contribution in [0.2, 0.25) is 0 Å². The van der Waals surface area contributed by atoms with Crippen molar-refractivity contribution in [1.29, 1.82) is 0 Å². The van der Waals surface area contributed by atoms with Crippen LogP contribution in [0.5, 0.6) is 0 Å². The van der Waals surface area contributed by atoms with Gasteiger partial charge in [0.15, 0.2) is 0 Å². The van der Waals surface area contributed by atoms with Crippen molar-refractivity contribution in [1.82, 2.24) is 40.6 Å². The van der Waals surface area contributed by atoms with Crippen LogP contribution in [0.4, 0.5) is 11.4 Å². The highest BCUT2D eigenvalue weighted by Crippen LogP contribution is 2.09. The molecule has 11 N–H and O–H groups in total. The van der Waals surface area contributed by atoms with E-state index in [1.54, 1.807) is 40.7 Å². The van der Waals surface area contributed by atoms with E-state index in [0.29, 0.717) is 35.9 Å². The van der Waals surface area contributed by atoms with Crippen LogP contribution in [-0.4, -0.2) is 106 Å². The van der Waals surface area contributed by atoms with Gasteiger partial charge in [0.25, 0.3) is 11.8 Å². The summed E-state index contributed by atoms with van der Waals surface area (Å²) in [5.74, 6) is -0.158. The number of nitrogen functional groups attached to an aromatic ring is 2. The first-order valence-electron chi connectivity index (χ1n) is 14.3. The fourth-order valence-electron chi connectivity index (χ4n) is 3.75. The first kappa shape index (κ1) is 41.0. The minimum atomic E-state index is -0.0798. The molecule has 0 aliphatic carbocycles. The lowest BCUT2D eigenvalue weighted by Crippen LogP contribution is -2.30. The zero-order valence-corrected chi connectivity index (χ0v) is 26.2. The van der Waals surface area contributed by atoms with Crippen molar-refractivity contribution in [3.05, 3.63) is 35.9 Å². The van der Waals surface area contributed by atoms with Crippen LogP contribution in [-0.2, 0) is 14.1 Å². The molecule has 2 rings (SSSR count). The first-order valence-corrected chi connectivity index (χ1v) is 14.3. The van der Waals surface area contributed by atoms with E-state index in [1.807, 2.05) is 28.2 Å². The molecule has 13 nitrogen and oxygen atoms in total. The highest BCUT2D eigenvalue weighted by molar-refractivity contribution is 5.94. The number of nitrogens with one attached hydrogen (secondary N) is 5. The molecule has 0 aromatic carbocycles. The molecule has 0 aliphatic heterocycles. The van der Waals surface area contributed by atoms with Crippen molar-refractivity contribution in [3.8, 4) is 0 Å². The molecule has 0 aliphatic rings. The van der Waals surface area contributed by atoms with E-state index in [-0.39, 0.29) is 19.2 Å². The largest absolute Gasteiger partial charge is 0.397 e. The van der Waals surface area contributed by atoms with Crippen LogP contribution in [0.1, 0.15) is 54.1 Å². The monoisotopic (exact) mass is 596 g/mol. The summed E-state index contributed by atoms with van der Waals surface area (Å²) in [6.45, 7) is 7.13. The molecule has 2 aromatic rings. The molecule has 2 aromatic heterocycles. The van der Waals surface area contributed by atoms with Crippen molar-refractivity contribution in [2.75, 3.05) is 92.0 Å². The molecule has 0 saturated carbocycles. The normalized spacial score (nSPS) is 10.2. The van der Waals surface area contributed by atoms with Gasteiger partial charge in [-0.3, -0.25) is 9.59 Å². The summed E-state index contributed by atoms with van der Waals surface area (Å²) >= 11 is 0. The minimum Gasteiger partial charge on any atom is -0.397 e. The van der Waals surface area contributed by atoms with E-state index in [1.165, 1.54) is 6.42 Å². The lowest BCUT2D eigenvalue weighted by Gasteiger charge is -2.15. The molecule has 0 unspecified atom stereocenters. The van der Waals surface area contributed by atoms with Gasteiger partial charge in [-0.25, -0.2) is 0 Å². The molecule has 13 heteroatoms. The number of carbonyl (C=O) groups is 2. The zero-order chi connectivity index (χ0) is 31.0. The van der Waals surface area contributed by atoms with Crippen LogP contribution in [0.15, 0.2) is 24.5 Å². The summed E-state index contributed by atoms with van der Waals surface area (Å²) < 4.78 is 3.46. The number of hydrogen-bond donors (Lipinski definition) is 8. The summed E-state index contributed by atoms with van der Waals surface area (Å²) in [6, 6.07) is 3.36. The van der Waals surface area contributed by atoms with E-state index in [2.05, 4.69) is 38.5 Å². The fourth-order valence-corrected chi connectivity index (χ4v) is 3.75. The maximum absolute atomic E-state index is 11.9. The van der Waals surface area contributed by atoms with Crippen molar-refractivity contribution in [3.63, 3.8) is 0 Å². The molecular weight excluding hydrogens is 534 g/mol. The van der Waals surface area contributed by atoms with Gasteiger partial charge in [0, 0.05) is 39.6 Å². The lowest BCUT2D eigenvalue weighted by atomic mass is 10.3. The van der Waals surface area contributed by atoms with Gasteiger partial charge in [0.1, 0.15) is 11.4 Å². The van der Waals surface area contributed by atoms with E-state index in [9.17, 15) is 9.59 Å². The molecule has 244 valence electrons. The van der Waals surface area contributed by atoms with Crippen molar-refractivity contribution in [2.45, 2.75) is 33.1 Å². The second-order valence-corrected chi connectivity index (χ2v) is 9.87. The molecule has 0 radical (unpaired) electrons. The Morgan fingerprint density at radius 2 is 1.10 bits per heavy atom. The SMILES string of the molecule is C.CN(CCCN)CCCNC(=O)c1cc(N)cn1C.CNCCCNC.CNCCCNC(=O)c1cc(N)cn1C. The second-order valence-electron chi connectivity index (χ2n) is 9.87. The smallest absolute Gasteiger partial charge is 0.267 e. The Kier molecular flexibility index (Phi) is 25.0. The number of rotatable bonds is 17. The molecule has 2 heterocycles. The third kappa shape index (κ3) is 19.1. The highest BCUT2D eigenvalue weighted by atomic mass is 16.2. The zero-order valence-electron chi connectivity index (χ0n) is 26.2. The number of anilines is 2. The third-order valence-corrected chi connectivity index (χ3v) is 6.01. The van der Waals surface area contributed by atoms with Gasteiger partial charge in [-0.05, 0) is 105 Å². The Bertz CT molecular complexity index is 956. The molecule has 0 spiro atoms. The summed E-state index contributed by atoms with van der Waals surface area (Å²) in [4.78, 5) is 25.7. The lowest BCUT2D eigenvalue weighted by molar-refractivity contribution is 0.0936. The maximum atomic E-state index is 11.9. The van der Waals surface area contributed by atoms with E-state index >= 15 is 0 Å². The highest BCUT2D eigenvalue weighted by Gasteiger charge is 2.10. The third-order valence-electron chi connectivity index (χ3n) is 6.01. The number of nitrogens with two attached hydrogens (primary N) is 3. The maximum Gasteiger partial charge on any atom is 0.267 e. The van der Waals surface area contributed by atoms with E-state index < -0.39 is 0 Å².